The Kier molecular flexibility index (Phi) is 5.31. The summed E-state index contributed by atoms with van der Waals surface area (Å²) < 4.78 is 12.6. The van der Waals surface area contributed by atoms with E-state index in [0.29, 0.717) is 5.75 Å². The molecule has 2 heterocycles. The van der Waals surface area contributed by atoms with Crippen LogP contribution in [0.15, 0.2) is 109 Å². The van der Waals surface area contributed by atoms with Gasteiger partial charge in [-0.25, -0.2) is 0 Å². The number of fused-ring (bicyclic) bond motifs is 4. The summed E-state index contributed by atoms with van der Waals surface area (Å²) >= 11 is 0. The lowest BCUT2D eigenvalue weighted by Crippen LogP contribution is -2.18. The smallest absolute Gasteiger partial charge is 0.131 e. The lowest BCUT2D eigenvalue weighted by atomic mass is 9.74. The summed E-state index contributed by atoms with van der Waals surface area (Å²) in [5.74, 6) is 3.27. The van der Waals surface area contributed by atoms with Crippen molar-refractivity contribution in [2.45, 2.75) is 38.0 Å². The van der Waals surface area contributed by atoms with Gasteiger partial charge in [0.2, 0.25) is 0 Å². The quantitative estimate of drug-likeness (QED) is 0.252. The maximum absolute atomic E-state index is 12.3. The summed E-state index contributed by atoms with van der Waals surface area (Å²) in [7, 11) is 0. The van der Waals surface area contributed by atoms with Crippen LogP contribution in [0.25, 0.3) is 0 Å². The number of phenols is 1. The molecule has 5 aromatic rings. The lowest BCUT2D eigenvalue weighted by Gasteiger charge is -2.34. The molecule has 0 saturated heterocycles. The molecule has 5 aromatic carbocycles. The molecule has 1 N–H and O–H groups in total. The lowest BCUT2D eigenvalue weighted by molar-refractivity contribution is 0.433. The Morgan fingerprint density at radius 3 is 1.10 bits per heavy atom. The Bertz CT molecular complexity index is 1520. The molecule has 0 atom stereocenters. The predicted octanol–water partition coefficient (Wildman–Crippen LogP) is 9.26. The molecule has 2 aliphatic rings. The first kappa shape index (κ1) is 23.6. The average molecular weight is 511 g/mol. The van der Waals surface area contributed by atoms with Crippen LogP contribution in [0.3, 0.4) is 0 Å². The summed E-state index contributed by atoms with van der Waals surface area (Å²) in [6, 6.07) is 37.0. The van der Waals surface area contributed by atoms with Gasteiger partial charge < -0.3 is 14.6 Å². The first-order chi connectivity index (χ1) is 18.9. The highest BCUT2D eigenvalue weighted by Crippen LogP contribution is 2.54. The fourth-order valence-electron chi connectivity index (χ4n) is 6.04. The number of benzene rings is 5. The zero-order valence-corrected chi connectivity index (χ0v) is 22.3. The van der Waals surface area contributed by atoms with Crippen molar-refractivity contribution < 1.29 is 14.6 Å². The highest BCUT2D eigenvalue weighted by molar-refractivity contribution is 5.66. The zero-order chi connectivity index (χ0) is 26.7. The maximum atomic E-state index is 12.3. The number of ether oxygens (including phenoxy) is 2. The minimum Gasteiger partial charge on any atom is -0.507 e. The van der Waals surface area contributed by atoms with Gasteiger partial charge >= 0.3 is 0 Å². The number of phenolic OH excluding ortho intramolecular Hbond substituents is 1. The van der Waals surface area contributed by atoms with Crippen LogP contribution < -0.4 is 9.47 Å². The fraction of sp³-hybridized carbons (Fsp3) is 0.167. The number of para-hydroxylation sites is 4. The van der Waals surface area contributed by atoms with E-state index in [1.165, 1.54) is 5.56 Å². The summed E-state index contributed by atoms with van der Waals surface area (Å²) in [5, 5.41) is 12.3. The molecule has 0 aromatic heterocycles. The van der Waals surface area contributed by atoms with Crippen molar-refractivity contribution >= 4 is 0 Å². The van der Waals surface area contributed by atoms with Gasteiger partial charge in [-0.05, 0) is 35.2 Å². The van der Waals surface area contributed by atoms with Gasteiger partial charge in [-0.2, -0.15) is 0 Å². The highest BCUT2D eigenvalue weighted by atomic mass is 16.5. The molecule has 0 amide bonds. The molecule has 0 bridgehead atoms. The molecule has 192 valence electrons. The van der Waals surface area contributed by atoms with Gasteiger partial charge in [0.05, 0.1) is 0 Å². The molecular formula is C36H30O3. The van der Waals surface area contributed by atoms with E-state index in [2.05, 4.69) is 57.2 Å². The monoisotopic (exact) mass is 510 g/mol. The SMILES string of the molecule is CC(C)(C)c1cc(C2c3ccccc3Oc3ccccc32)c(O)c(C2c3ccccc3Oc3ccccc32)c1. The van der Waals surface area contributed by atoms with Gasteiger partial charge in [0, 0.05) is 45.2 Å². The minimum atomic E-state index is -0.169. The van der Waals surface area contributed by atoms with E-state index in [1.54, 1.807) is 0 Å². The van der Waals surface area contributed by atoms with Gasteiger partial charge in [-0.3, -0.25) is 0 Å². The molecular weight excluding hydrogens is 480 g/mol. The van der Waals surface area contributed by atoms with Crippen molar-refractivity contribution in [3.63, 3.8) is 0 Å². The Morgan fingerprint density at radius 1 is 0.487 bits per heavy atom. The third kappa shape index (κ3) is 3.80. The molecule has 0 aliphatic carbocycles. The highest BCUT2D eigenvalue weighted by Gasteiger charge is 2.36. The van der Waals surface area contributed by atoms with Gasteiger partial charge in [0.25, 0.3) is 0 Å². The van der Waals surface area contributed by atoms with Crippen LogP contribution in [0.4, 0.5) is 0 Å². The molecule has 3 heteroatoms. The molecule has 0 spiro atoms. The van der Waals surface area contributed by atoms with Crippen LogP contribution >= 0.6 is 0 Å². The van der Waals surface area contributed by atoms with E-state index in [4.69, 9.17) is 9.47 Å². The van der Waals surface area contributed by atoms with Crippen molar-refractivity contribution in [3.8, 4) is 28.7 Å². The molecule has 0 saturated carbocycles. The summed E-state index contributed by atoms with van der Waals surface area (Å²) in [6.45, 7) is 6.68. The Hall–Kier alpha value is -4.50. The van der Waals surface area contributed by atoms with Gasteiger partial charge in [-0.1, -0.05) is 106 Å². The predicted molar refractivity (Wildman–Crippen MR) is 155 cm³/mol. The second-order valence-electron chi connectivity index (χ2n) is 11.5. The standard InChI is InChI=1S/C36H30O3/c1-36(2,3)22-20-27(33-23-12-4-8-16-29(23)38-30-17-9-5-13-24(30)33)35(37)28(21-22)34-25-14-6-10-18-31(25)39-32-19-11-7-15-26(32)34/h4-21,33-34,37H,1-3H3. The van der Waals surface area contributed by atoms with Crippen molar-refractivity contribution in [2.24, 2.45) is 0 Å². The van der Waals surface area contributed by atoms with Crippen LogP contribution in [-0.2, 0) is 5.41 Å². The summed E-state index contributed by atoms with van der Waals surface area (Å²) in [5.41, 5.74) is 7.03. The zero-order valence-electron chi connectivity index (χ0n) is 22.3. The maximum Gasteiger partial charge on any atom is 0.131 e. The first-order valence-corrected chi connectivity index (χ1v) is 13.5. The molecule has 7 rings (SSSR count). The molecule has 3 nitrogen and oxygen atoms in total. The molecule has 0 unspecified atom stereocenters. The van der Waals surface area contributed by atoms with Crippen LogP contribution in [0.1, 0.15) is 71.6 Å². The first-order valence-electron chi connectivity index (χ1n) is 13.5. The molecule has 2 aliphatic heterocycles. The molecule has 0 radical (unpaired) electrons. The average Bonchev–Trinajstić information content (AvgIpc) is 2.94. The molecule has 39 heavy (non-hydrogen) atoms. The summed E-state index contributed by atoms with van der Waals surface area (Å²) in [6.07, 6.45) is 0. The number of hydrogen-bond donors (Lipinski definition) is 1. The Labute approximate surface area is 229 Å². The second-order valence-corrected chi connectivity index (χ2v) is 11.5. The van der Waals surface area contributed by atoms with E-state index >= 15 is 0 Å². The Balaban J connectivity index is 1.53. The van der Waals surface area contributed by atoms with E-state index in [-0.39, 0.29) is 17.3 Å². The van der Waals surface area contributed by atoms with Crippen molar-refractivity contribution in [2.75, 3.05) is 0 Å². The van der Waals surface area contributed by atoms with E-state index in [1.807, 2.05) is 72.8 Å². The number of hydrogen-bond acceptors (Lipinski definition) is 3. The van der Waals surface area contributed by atoms with Crippen LogP contribution in [0.2, 0.25) is 0 Å². The normalized spacial score (nSPS) is 14.3. The van der Waals surface area contributed by atoms with E-state index in [0.717, 1.165) is 56.4 Å². The van der Waals surface area contributed by atoms with Crippen molar-refractivity contribution in [1.29, 1.82) is 0 Å². The topological polar surface area (TPSA) is 38.7 Å². The van der Waals surface area contributed by atoms with Gasteiger partial charge in [0.1, 0.15) is 28.7 Å². The van der Waals surface area contributed by atoms with E-state index < -0.39 is 0 Å². The number of aromatic hydroxyl groups is 1. The van der Waals surface area contributed by atoms with Crippen molar-refractivity contribution in [1.82, 2.24) is 0 Å². The van der Waals surface area contributed by atoms with Crippen LogP contribution in [0, 0.1) is 0 Å². The third-order valence-corrected chi connectivity index (χ3v) is 8.02. The second kappa shape index (κ2) is 8.78. The van der Waals surface area contributed by atoms with Gasteiger partial charge in [-0.15, -0.1) is 0 Å². The molecule has 0 fully saturated rings. The number of rotatable bonds is 2. The Morgan fingerprint density at radius 2 is 0.795 bits per heavy atom. The fourth-order valence-corrected chi connectivity index (χ4v) is 6.04. The van der Waals surface area contributed by atoms with Gasteiger partial charge in [0.15, 0.2) is 0 Å². The van der Waals surface area contributed by atoms with Crippen molar-refractivity contribution in [3.05, 3.63) is 148 Å². The summed E-state index contributed by atoms with van der Waals surface area (Å²) in [4.78, 5) is 0. The largest absolute Gasteiger partial charge is 0.507 e. The minimum absolute atomic E-state index is 0.133. The van der Waals surface area contributed by atoms with E-state index in [9.17, 15) is 5.11 Å². The van der Waals surface area contributed by atoms with Crippen LogP contribution in [-0.4, -0.2) is 5.11 Å². The van der Waals surface area contributed by atoms with Crippen LogP contribution in [0.5, 0.6) is 28.7 Å². The third-order valence-electron chi connectivity index (χ3n) is 8.02.